The Hall–Kier alpha value is -2.97. The molecule has 2 N–H and O–H groups in total. The third-order valence-electron chi connectivity index (χ3n) is 3.88. The van der Waals surface area contributed by atoms with E-state index in [1.165, 1.54) is 42.6 Å². The van der Waals surface area contributed by atoms with Crippen LogP contribution in [0.25, 0.3) is 0 Å². The molecule has 0 radical (unpaired) electrons. The van der Waals surface area contributed by atoms with Gasteiger partial charge < -0.3 is 5.32 Å². The first kappa shape index (κ1) is 22.3. The Labute approximate surface area is 177 Å². The van der Waals surface area contributed by atoms with Gasteiger partial charge in [0.05, 0.1) is 21.7 Å². The van der Waals surface area contributed by atoms with Crippen molar-refractivity contribution in [1.82, 2.24) is 10.7 Å². The summed E-state index contributed by atoms with van der Waals surface area (Å²) in [5, 5.41) is 17.8. The highest BCUT2D eigenvalue weighted by Gasteiger charge is 2.25. The van der Waals surface area contributed by atoms with Gasteiger partial charge in [0, 0.05) is 22.7 Å². The molecule has 2 aromatic carbocycles. The summed E-state index contributed by atoms with van der Waals surface area (Å²) < 4.78 is 0. The van der Waals surface area contributed by atoms with Crippen molar-refractivity contribution in [2.45, 2.75) is 19.9 Å². The van der Waals surface area contributed by atoms with E-state index in [2.05, 4.69) is 15.8 Å². The molecule has 8 nitrogen and oxygen atoms in total. The molecule has 0 saturated carbocycles. The number of halogens is 2. The molecule has 0 bridgehead atoms. The Morgan fingerprint density at radius 2 is 1.90 bits per heavy atom. The molecule has 0 fully saturated rings. The number of nitro groups is 1. The van der Waals surface area contributed by atoms with Crippen molar-refractivity contribution < 1.29 is 14.5 Å². The normalized spacial score (nSPS) is 12.0. The number of nitrogens with zero attached hydrogens (tertiary/aromatic N) is 2. The quantitative estimate of drug-likeness (QED) is 0.390. The monoisotopic (exact) mass is 436 g/mol. The van der Waals surface area contributed by atoms with Crippen LogP contribution in [0.4, 0.5) is 5.69 Å². The molecule has 10 heteroatoms. The minimum absolute atomic E-state index is 0.0903. The molecule has 0 heterocycles. The van der Waals surface area contributed by atoms with Crippen molar-refractivity contribution in [1.29, 1.82) is 0 Å². The third-order valence-corrected chi connectivity index (χ3v) is 4.43. The molecular formula is C19H18Cl2N4O4. The molecule has 0 aliphatic carbocycles. The van der Waals surface area contributed by atoms with Crippen LogP contribution in [0.5, 0.6) is 0 Å². The highest BCUT2D eigenvalue weighted by Crippen LogP contribution is 2.21. The number of nitro benzene ring substituents is 1. The second-order valence-corrected chi connectivity index (χ2v) is 7.25. The van der Waals surface area contributed by atoms with Gasteiger partial charge in [-0.2, -0.15) is 5.10 Å². The fraction of sp³-hybridized carbons (Fsp3) is 0.211. The molecule has 29 heavy (non-hydrogen) atoms. The smallest absolute Gasteiger partial charge is 0.270 e. The van der Waals surface area contributed by atoms with Gasteiger partial charge in [0.15, 0.2) is 0 Å². The van der Waals surface area contributed by atoms with E-state index in [1.54, 1.807) is 19.9 Å². The highest BCUT2D eigenvalue weighted by atomic mass is 35.5. The number of rotatable bonds is 7. The molecule has 2 rings (SSSR count). The molecule has 1 atom stereocenters. The van der Waals surface area contributed by atoms with Crippen molar-refractivity contribution >= 4 is 46.9 Å². The van der Waals surface area contributed by atoms with Crippen molar-refractivity contribution in [3.63, 3.8) is 0 Å². The second kappa shape index (κ2) is 9.99. The molecular weight excluding hydrogens is 419 g/mol. The van der Waals surface area contributed by atoms with Crippen LogP contribution in [0, 0.1) is 16.0 Å². The lowest BCUT2D eigenvalue weighted by atomic mass is 10.0. The largest absolute Gasteiger partial charge is 0.340 e. The maximum absolute atomic E-state index is 12.5. The van der Waals surface area contributed by atoms with Gasteiger partial charge in [-0.1, -0.05) is 49.2 Å². The number of non-ortho nitro benzene ring substituents is 1. The summed E-state index contributed by atoms with van der Waals surface area (Å²) in [5.41, 5.74) is 2.87. The summed E-state index contributed by atoms with van der Waals surface area (Å²) in [7, 11) is 0. The Morgan fingerprint density at radius 1 is 1.17 bits per heavy atom. The average molecular weight is 437 g/mol. The summed E-state index contributed by atoms with van der Waals surface area (Å²) >= 11 is 11.9. The van der Waals surface area contributed by atoms with Crippen LogP contribution in [-0.4, -0.2) is 29.0 Å². The summed E-state index contributed by atoms with van der Waals surface area (Å²) in [4.78, 5) is 35.2. The van der Waals surface area contributed by atoms with Gasteiger partial charge in [0.1, 0.15) is 6.04 Å². The van der Waals surface area contributed by atoms with E-state index >= 15 is 0 Å². The number of carbonyl (C=O) groups excluding carboxylic acids is 2. The van der Waals surface area contributed by atoms with Gasteiger partial charge in [0.25, 0.3) is 17.5 Å². The van der Waals surface area contributed by atoms with Crippen LogP contribution < -0.4 is 10.7 Å². The summed E-state index contributed by atoms with van der Waals surface area (Å²) in [6, 6.07) is 9.33. The Balaban J connectivity index is 2.06. The van der Waals surface area contributed by atoms with E-state index in [-0.39, 0.29) is 22.2 Å². The van der Waals surface area contributed by atoms with E-state index in [4.69, 9.17) is 23.2 Å². The Bertz CT molecular complexity index is 963. The van der Waals surface area contributed by atoms with Crippen LogP contribution in [-0.2, 0) is 4.79 Å². The first-order valence-corrected chi connectivity index (χ1v) is 9.28. The van der Waals surface area contributed by atoms with Gasteiger partial charge in [-0.05, 0) is 24.1 Å². The van der Waals surface area contributed by atoms with Crippen molar-refractivity contribution in [3.05, 3.63) is 73.8 Å². The predicted molar refractivity (Wildman–Crippen MR) is 111 cm³/mol. The van der Waals surface area contributed by atoms with Crippen LogP contribution in [0.2, 0.25) is 10.0 Å². The van der Waals surface area contributed by atoms with Crippen molar-refractivity contribution in [3.8, 4) is 0 Å². The number of carbonyl (C=O) groups is 2. The zero-order valence-electron chi connectivity index (χ0n) is 15.6. The van der Waals surface area contributed by atoms with Crippen LogP contribution in [0.1, 0.15) is 29.8 Å². The molecule has 0 aliphatic rings. The van der Waals surface area contributed by atoms with Crippen molar-refractivity contribution in [2.24, 2.45) is 11.0 Å². The van der Waals surface area contributed by atoms with Gasteiger partial charge in [-0.3, -0.25) is 19.7 Å². The maximum atomic E-state index is 12.5. The number of hydrogen-bond acceptors (Lipinski definition) is 5. The second-order valence-electron chi connectivity index (χ2n) is 6.41. The molecule has 0 spiro atoms. The molecule has 0 aliphatic heterocycles. The van der Waals surface area contributed by atoms with Gasteiger partial charge in [0.2, 0.25) is 0 Å². The van der Waals surface area contributed by atoms with Crippen LogP contribution in [0.15, 0.2) is 47.6 Å². The lowest BCUT2D eigenvalue weighted by molar-refractivity contribution is -0.384. The zero-order valence-corrected chi connectivity index (χ0v) is 17.1. The predicted octanol–water partition coefficient (Wildman–Crippen LogP) is 3.81. The SMILES string of the molecule is CC(C)C(NC(=O)c1ccc(Cl)cc1Cl)C(=O)N/N=C/c1cccc([N+](=O)[O-])c1. The first-order valence-electron chi connectivity index (χ1n) is 8.52. The van der Waals surface area contributed by atoms with Gasteiger partial charge in [-0.25, -0.2) is 5.43 Å². The summed E-state index contributed by atoms with van der Waals surface area (Å²) in [6.45, 7) is 3.52. The minimum Gasteiger partial charge on any atom is -0.340 e. The molecule has 0 saturated heterocycles. The standard InChI is InChI=1S/C19H18Cl2N4O4/c1-11(2)17(23-18(26)15-7-6-13(20)9-16(15)21)19(27)24-22-10-12-4-3-5-14(8-12)25(28)29/h3-11,17H,1-2H3,(H,23,26)(H,24,27)/b22-10+. The number of nitrogens with one attached hydrogen (secondary N) is 2. The molecule has 2 aromatic rings. The topological polar surface area (TPSA) is 114 Å². The van der Waals surface area contributed by atoms with E-state index in [0.29, 0.717) is 10.6 Å². The van der Waals surface area contributed by atoms with E-state index < -0.39 is 22.8 Å². The minimum atomic E-state index is -0.878. The highest BCUT2D eigenvalue weighted by molar-refractivity contribution is 6.36. The van der Waals surface area contributed by atoms with Crippen LogP contribution >= 0.6 is 23.2 Å². The van der Waals surface area contributed by atoms with E-state index in [9.17, 15) is 19.7 Å². The van der Waals surface area contributed by atoms with Gasteiger partial charge >= 0.3 is 0 Å². The third kappa shape index (κ3) is 6.27. The van der Waals surface area contributed by atoms with Crippen LogP contribution in [0.3, 0.4) is 0 Å². The number of hydrogen-bond donors (Lipinski definition) is 2. The Morgan fingerprint density at radius 3 is 2.52 bits per heavy atom. The number of hydrazone groups is 1. The fourth-order valence-electron chi connectivity index (χ4n) is 2.39. The number of benzene rings is 2. The average Bonchev–Trinajstić information content (AvgIpc) is 2.65. The number of amides is 2. The molecule has 0 aromatic heterocycles. The van der Waals surface area contributed by atoms with Gasteiger partial charge in [-0.15, -0.1) is 0 Å². The molecule has 2 amide bonds. The molecule has 152 valence electrons. The maximum Gasteiger partial charge on any atom is 0.270 e. The fourth-order valence-corrected chi connectivity index (χ4v) is 2.88. The Kier molecular flexibility index (Phi) is 7.69. The first-order chi connectivity index (χ1) is 13.7. The summed E-state index contributed by atoms with van der Waals surface area (Å²) in [6.07, 6.45) is 1.28. The summed E-state index contributed by atoms with van der Waals surface area (Å²) in [5.74, 6) is -1.30. The molecule has 1 unspecified atom stereocenters. The van der Waals surface area contributed by atoms with E-state index in [1.807, 2.05) is 0 Å². The lowest BCUT2D eigenvalue weighted by Gasteiger charge is -2.20. The lowest BCUT2D eigenvalue weighted by Crippen LogP contribution is -2.48. The van der Waals surface area contributed by atoms with Crippen molar-refractivity contribution in [2.75, 3.05) is 0 Å². The van der Waals surface area contributed by atoms with E-state index in [0.717, 1.165) is 0 Å². The zero-order chi connectivity index (χ0) is 21.6.